The standard InChI is InChI=1S/C15H11F2NOS/c16-11-6-4-10(5-7-11)15-18(14(19)9-20-15)13-3-1-2-12(17)8-13/h1-8,15H,9H2/t15-/m1/s1. The van der Waals surface area contributed by atoms with Crippen molar-refractivity contribution < 1.29 is 13.6 Å². The maximum absolute atomic E-state index is 13.3. The van der Waals surface area contributed by atoms with E-state index in [2.05, 4.69) is 0 Å². The number of nitrogens with zero attached hydrogens (tertiary/aromatic N) is 1. The van der Waals surface area contributed by atoms with E-state index >= 15 is 0 Å². The van der Waals surface area contributed by atoms with Crippen molar-refractivity contribution in [1.29, 1.82) is 0 Å². The van der Waals surface area contributed by atoms with Crippen LogP contribution in [0.15, 0.2) is 48.5 Å². The van der Waals surface area contributed by atoms with Gasteiger partial charge in [-0.25, -0.2) is 8.78 Å². The first kappa shape index (κ1) is 13.1. The van der Waals surface area contributed by atoms with Crippen LogP contribution in [0, 0.1) is 11.6 Å². The van der Waals surface area contributed by atoms with Crippen LogP contribution >= 0.6 is 11.8 Å². The van der Waals surface area contributed by atoms with Gasteiger partial charge >= 0.3 is 0 Å². The summed E-state index contributed by atoms with van der Waals surface area (Å²) in [6.07, 6.45) is 0. The van der Waals surface area contributed by atoms with Crippen LogP contribution in [0.2, 0.25) is 0 Å². The molecular weight excluding hydrogens is 280 g/mol. The molecule has 1 aliphatic rings. The number of amides is 1. The average molecular weight is 291 g/mol. The maximum Gasteiger partial charge on any atom is 0.238 e. The molecule has 0 N–H and O–H groups in total. The Hall–Kier alpha value is -1.88. The lowest BCUT2D eigenvalue weighted by atomic mass is 10.2. The van der Waals surface area contributed by atoms with Gasteiger partial charge in [-0.1, -0.05) is 18.2 Å². The lowest BCUT2D eigenvalue weighted by Crippen LogP contribution is -2.27. The molecule has 0 unspecified atom stereocenters. The summed E-state index contributed by atoms with van der Waals surface area (Å²) in [4.78, 5) is 13.6. The third-order valence-corrected chi connectivity index (χ3v) is 4.32. The zero-order valence-electron chi connectivity index (χ0n) is 10.4. The summed E-state index contributed by atoms with van der Waals surface area (Å²) in [6, 6.07) is 12.0. The Balaban J connectivity index is 1.98. The van der Waals surface area contributed by atoms with Gasteiger partial charge in [0.15, 0.2) is 0 Å². The molecule has 102 valence electrons. The van der Waals surface area contributed by atoms with E-state index in [1.54, 1.807) is 29.2 Å². The quantitative estimate of drug-likeness (QED) is 0.840. The summed E-state index contributed by atoms with van der Waals surface area (Å²) in [5.41, 5.74) is 1.35. The molecule has 1 fully saturated rings. The second kappa shape index (κ2) is 5.25. The van der Waals surface area contributed by atoms with Crippen molar-refractivity contribution >= 4 is 23.4 Å². The zero-order valence-corrected chi connectivity index (χ0v) is 11.2. The summed E-state index contributed by atoms with van der Waals surface area (Å²) in [5, 5.41) is -0.245. The van der Waals surface area contributed by atoms with Crippen molar-refractivity contribution in [2.45, 2.75) is 5.37 Å². The molecule has 5 heteroatoms. The van der Waals surface area contributed by atoms with Crippen molar-refractivity contribution in [1.82, 2.24) is 0 Å². The number of halogens is 2. The molecule has 1 amide bonds. The van der Waals surface area contributed by atoms with Crippen LogP contribution < -0.4 is 4.90 Å². The molecule has 3 rings (SSSR count). The van der Waals surface area contributed by atoms with Gasteiger partial charge in [-0.15, -0.1) is 11.8 Å². The number of anilines is 1. The molecule has 2 nitrogen and oxygen atoms in total. The molecule has 0 radical (unpaired) electrons. The van der Waals surface area contributed by atoms with Gasteiger partial charge in [0.1, 0.15) is 17.0 Å². The smallest absolute Gasteiger partial charge is 0.238 e. The van der Waals surface area contributed by atoms with Crippen molar-refractivity contribution in [3.63, 3.8) is 0 Å². The molecule has 0 aliphatic carbocycles. The van der Waals surface area contributed by atoms with Gasteiger partial charge in [0.05, 0.1) is 5.75 Å². The van der Waals surface area contributed by atoms with Gasteiger partial charge in [-0.3, -0.25) is 9.69 Å². The molecule has 0 saturated carbocycles. The van der Waals surface area contributed by atoms with Crippen molar-refractivity contribution in [2.24, 2.45) is 0 Å². The van der Waals surface area contributed by atoms with Crippen LogP contribution in [-0.2, 0) is 4.79 Å². The second-order valence-corrected chi connectivity index (χ2v) is 5.53. The van der Waals surface area contributed by atoms with Crippen LogP contribution in [0.25, 0.3) is 0 Å². The number of hydrogen-bond donors (Lipinski definition) is 0. The molecule has 1 aliphatic heterocycles. The summed E-state index contributed by atoms with van der Waals surface area (Å²) in [7, 11) is 0. The van der Waals surface area contributed by atoms with E-state index in [0.717, 1.165) is 5.56 Å². The fourth-order valence-electron chi connectivity index (χ4n) is 2.20. The predicted molar refractivity (Wildman–Crippen MR) is 75.5 cm³/mol. The Labute approximate surface area is 119 Å². The molecular formula is C15H11F2NOS. The van der Waals surface area contributed by atoms with Gasteiger partial charge < -0.3 is 0 Å². The van der Waals surface area contributed by atoms with Crippen LogP contribution in [-0.4, -0.2) is 11.7 Å². The highest BCUT2D eigenvalue weighted by molar-refractivity contribution is 8.00. The fraction of sp³-hybridized carbons (Fsp3) is 0.133. The van der Waals surface area contributed by atoms with Gasteiger partial charge in [-0.2, -0.15) is 0 Å². The first-order valence-electron chi connectivity index (χ1n) is 6.10. The molecule has 1 heterocycles. The highest BCUT2D eigenvalue weighted by atomic mass is 32.2. The van der Waals surface area contributed by atoms with E-state index in [1.807, 2.05) is 0 Å². The Morgan fingerprint density at radius 1 is 1.05 bits per heavy atom. The topological polar surface area (TPSA) is 20.3 Å². The van der Waals surface area contributed by atoms with Gasteiger partial charge in [-0.05, 0) is 35.9 Å². The van der Waals surface area contributed by atoms with Gasteiger partial charge in [0.2, 0.25) is 5.91 Å². The maximum atomic E-state index is 13.3. The third-order valence-electron chi connectivity index (χ3n) is 3.11. The fourth-order valence-corrected chi connectivity index (χ4v) is 3.38. The molecule has 1 atom stereocenters. The predicted octanol–water partition coefficient (Wildman–Crippen LogP) is 3.74. The van der Waals surface area contributed by atoms with E-state index in [4.69, 9.17) is 0 Å². The molecule has 0 bridgehead atoms. The number of carbonyl (C=O) groups excluding carboxylic acids is 1. The second-order valence-electron chi connectivity index (χ2n) is 4.46. The number of rotatable bonds is 2. The van der Waals surface area contributed by atoms with Crippen molar-refractivity contribution in [3.8, 4) is 0 Å². The van der Waals surface area contributed by atoms with Crippen molar-refractivity contribution in [2.75, 3.05) is 10.7 Å². The lowest BCUT2D eigenvalue weighted by molar-refractivity contribution is -0.115. The average Bonchev–Trinajstić information content (AvgIpc) is 2.81. The molecule has 2 aromatic rings. The number of carbonyl (C=O) groups is 1. The van der Waals surface area contributed by atoms with E-state index in [0.29, 0.717) is 11.4 Å². The minimum Gasteiger partial charge on any atom is -0.295 e. The molecule has 0 aromatic heterocycles. The molecule has 0 spiro atoms. The lowest BCUT2D eigenvalue weighted by Gasteiger charge is -2.24. The summed E-state index contributed by atoms with van der Waals surface area (Å²) in [5.74, 6) is -0.446. The molecule has 2 aromatic carbocycles. The Morgan fingerprint density at radius 2 is 1.80 bits per heavy atom. The van der Waals surface area contributed by atoms with Crippen LogP contribution in [0.1, 0.15) is 10.9 Å². The van der Waals surface area contributed by atoms with E-state index in [9.17, 15) is 13.6 Å². The van der Waals surface area contributed by atoms with Crippen LogP contribution in [0.3, 0.4) is 0 Å². The zero-order chi connectivity index (χ0) is 14.1. The highest BCUT2D eigenvalue weighted by Gasteiger charge is 2.34. The third kappa shape index (κ3) is 2.41. The van der Waals surface area contributed by atoms with Gasteiger partial charge in [0, 0.05) is 5.69 Å². The first-order chi connectivity index (χ1) is 9.65. The Morgan fingerprint density at radius 3 is 2.50 bits per heavy atom. The minimum atomic E-state index is -0.384. The highest BCUT2D eigenvalue weighted by Crippen LogP contribution is 2.41. The summed E-state index contributed by atoms with van der Waals surface area (Å²) < 4.78 is 26.3. The number of benzene rings is 2. The summed E-state index contributed by atoms with van der Waals surface area (Å²) >= 11 is 1.45. The SMILES string of the molecule is O=C1CS[C@H](c2ccc(F)cc2)N1c1cccc(F)c1. The minimum absolute atomic E-state index is 0.0741. The number of thioether (sulfide) groups is 1. The summed E-state index contributed by atoms with van der Waals surface area (Å²) in [6.45, 7) is 0. The number of hydrogen-bond acceptors (Lipinski definition) is 2. The van der Waals surface area contributed by atoms with E-state index in [1.165, 1.54) is 36.0 Å². The van der Waals surface area contributed by atoms with Crippen molar-refractivity contribution in [3.05, 3.63) is 65.7 Å². The largest absolute Gasteiger partial charge is 0.295 e. The molecule has 20 heavy (non-hydrogen) atoms. The van der Waals surface area contributed by atoms with Crippen LogP contribution in [0.4, 0.5) is 14.5 Å². The monoisotopic (exact) mass is 291 g/mol. The van der Waals surface area contributed by atoms with E-state index < -0.39 is 0 Å². The normalized spacial score (nSPS) is 18.6. The first-order valence-corrected chi connectivity index (χ1v) is 7.15. The molecule has 1 saturated heterocycles. The Bertz CT molecular complexity index is 645. The van der Waals surface area contributed by atoms with Crippen LogP contribution in [0.5, 0.6) is 0 Å². The van der Waals surface area contributed by atoms with E-state index in [-0.39, 0.29) is 22.9 Å². The Kier molecular flexibility index (Phi) is 3.44. The van der Waals surface area contributed by atoms with Gasteiger partial charge in [0.25, 0.3) is 0 Å².